The summed E-state index contributed by atoms with van der Waals surface area (Å²) < 4.78 is 0. The fourth-order valence-corrected chi connectivity index (χ4v) is 3.14. The lowest BCUT2D eigenvalue weighted by Crippen LogP contribution is -2.35. The molecule has 0 unspecified atom stereocenters. The maximum atomic E-state index is 11.7. The first kappa shape index (κ1) is 24.5. The number of nitrogens with one attached hydrogen (secondary N) is 1. The van der Waals surface area contributed by atoms with Crippen LogP contribution < -0.4 is 5.32 Å². The standard InChI is InChI=1S/C23H47NO/c1-5-6-7-8-9-10-11-12-13-14-15-16-17-18-19-20-21-24-22(25)23(2,3)4/h5-21H2,1-4H3,(H,24,25). The quantitative estimate of drug-likeness (QED) is 0.271. The van der Waals surface area contributed by atoms with Crippen LogP contribution in [0.25, 0.3) is 0 Å². The molecular weight excluding hydrogens is 306 g/mol. The fraction of sp³-hybridized carbons (Fsp3) is 0.957. The summed E-state index contributed by atoms with van der Waals surface area (Å²) in [5.74, 6) is 0.174. The summed E-state index contributed by atoms with van der Waals surface area (Å²) in [6.45, 7) is 9.03. The fourth-order valence-electron chi connectivity index (χ4n) is 3.14. The van der Waals surface area contributed by atoms with Gasteiger partial charge in [-0.15, -0.1) is 0 Å². The molecular formula is C23H47NO. The second-order valence-corrected chi connectivity index (χ2v) is 8.81. The van der Waals surface area contributed by atoms with Gasteiger partial charge < -0.3 is 5.32 Å². The normalized spacial score (nSPS) is 11.7. The van der Waals surface area contributed by atoms with E-state index in [0.29, 0.717) is 0 Å². The van der Waals surface area contributed by atoms with Gasteiger partial charge in [0.2, 0.25) is 5.91 Å². The van der Waals surface area contributed by atoms with Crippen molar-refractivity contribution in [2.24, 2.45) is 5.41 Å². The zero-order valence-corrected chi connectivity index (χ0v) is 17.9. The topological polar surface area (TPSA) is 29.1 Å². The molecule has 0 aliphatic rings. The lowest BCUT2D eigenvalue weighted by atomic mass is 9.96. The van der Waals surface area contributed by atoms with Crippen LogP contribution in [-0.4, -0.2) is 12.5 Å². The van der Waals surface area contributed by atoms with Crippen molar-refractivity contribution in [1.82, 2.24) is 5.32 Å². The molecule has 0 saturated carbocycles. The highest BCUT2D eigenvalue weighted by Gasteiger charge is 2.19. The first-order chi connectivity index (χ1) is 12.0. The zero-order chi connectivity index (χ0) is 18.8. The van der Waals surface area contributed by atoms with Gasteiger partial charge >= 0.3 is 0 Å². The smallest absolute Gasteiger partial charge is 0.225 e. The van der Waals surface area contributed by atoms with Crippen LogP contribution in [0.5, 0.6) is 0 Å². The Balaban J connectivity index is 3.11. The van der Waals surface area contributed by atoms with Gasteiger partial charge in [0.15, 0.2) is 0 Å². The minimum atomic E-state index is -0.255. The second-order valence-electron chi connectivity index (χ2n) is 8.81. The molecule has 150 valence electrons. The van der Waals surface area contributed by atoms with Crippen molar-refractivity contribution in [3.63, 3.8) is 0 Å². The molecule has 0 heterocycles. The molecule has 0 fully saturated rings. The van der Waals surface area contributed by atoms with Gasteiger partial charge in [-0.2, -0.15) is 0 Å². The number of hydrogen-bond acceptors (Lipinski definition) is 1. The predicted molar refractivity (Wildman–Crippen MR) is 112 cm³/mol. The van der Waals surface area contributed by atoms with Crippen LogP contribution in [0.4, 0.5) is 0 Å². The molecule has 0 aliphatic heterocycles. The molecule has 0 spiro atoms. The molecule has 2 nitrogen and oxygen atoms in total. The SMILES string of the molecule is CCCCCCCCCCCCCCCCCCNC(=O)C(C)(C)C. The van der Waals surface area contributed by atoms with Gasteiger partial charge in [-0.3, -0.25) is 4.79 Å². The molecule has 0 rings (SSSR count). The third-order valence-electron chi connectivity index (χ3n) is 5.00. The van der Waals surface area contributed by atoms with E-state index in [1.165, 1.54) is 96.3 Å². The molecule has 0 bridgehead atoms. The van der Waals surface area contributed by atoms with Gasteiger partial charge in [0, 0.05) is 12.0 Å². The van der Waals surface area contributed by atoms with E-state index in [0.717, 1.165) is 13.0 Å². The minimum absolute atomic E-state index is 0.174. The number of unbranched alkanes of at least 4 members (excludes halogenated alkanes) is 15. The van der Waals surface area contributed by atoms with Crippen LogP contribution in [0.1, 0.15) is 130 Å². The highest BCUT2D eigenvalue weighted by atomic mass is 16.2. The van der Waals surface area contributed by atoms with E-state index in [-0.39, 0.29) is 11.3 Å². The lowest BCUT2D eigenvalue weighted by Gasteiger charge is -2.17. The van der Waals surface area contributed by atoms with Crippen LogP contribution in [0, 0.1) is 5.41 Å². The average molecular weight is 354 g/mol. The van der Waals surface area contributed by atoms with E-state index in [4.69, 9.17) is 0 Å². The average Bonchev–Trinajstić information content (AvgIpc) is 2.56. The summed E-state index contributed by atoms with van der Waals surface area (Å²) in [6.07, 6.45) is 22.2. The van der Waals surface area contributed by atoms with E-state index in [2.05, 4.69) is 12.2 Å². The monoisotopic (exact) mass is 353 g/mol. The van der Waals surface area contributed by atoms with Crippen LogP contribution >= 0.6 is 0 Å². The van der Waals surface area contributed by atoms with E-state index in [1.807, 2.05) is 20.8 Å². The van der Waals surface area contributed by atoms with Crippen molar-refractivity contribution in [1.29, 1.82) is 0 Å². The highest BCUT2D eigenvalue weighted by molar-refractivity contribution is 5.81. The summed E-state index contributed by atoms with van der Waals surface area (Å²) in [4.78, 5) is 11.7. The van der Waals surface area contributed by atoms with E-state index in [1.54, 1.807) is 0 Å². The van der Waals surface area contributed by atoms with Crippen LogP contribution in [0.3, 0.4) is 0 Å². The Labute approximate surface area is 158 Å². The number of carbonyl (C=O) groups excluding carboxylic acids is 1. The van der Waals surface area contributed by atoms with Crippen LogP contribution in [0.2, 0.25) is 0 Å². The van der Waals surface area contributed by atoms with Crippen molar-refractivity contribution in [2.45, 2.75) is 130 Å². The maximum Gasteiger partial charge on any atom is 0.225 e. The third-order valence-corrected chi connectivity index (χ3v) is 5.00. The van der Waals surface area contributed by atoms with E-state index >= 15 is 0 Å². The zero-order valence-electron chi connectivity index (χ0n) is 17.9. The Kier molecular flexibility index (Phi) is 16.6. The first-order valence-electron chi connectivity index (χ1n) is 11.3. The first-order valence-corrected chi connectivity index (χ1v) is 11.3. The molecule has 0 aromatic rings. The van der Waals surface area contributed by atoms with Crippen molar-refractivity contribution >= 4 is 5.91 Å². The van der Waals surface area contributed by atoms with E-state index in [9.17, 15) is 4.79 Å². The Morgan fingerprint density at radius 1 is 0.600 bits per heavy atom. The minimum Gasteiger partial charge on any atom is -0.356 e. The van der Waals surface area contributed by atoms with Crippen molar-refractivity contribution in [3.05, 3.63) is 0 Å². The molecule has 0 saturated heterocycles. The Bertz CT molecular complexity index is 293. The molecule has 2 heteroatoms. The lowest BCUT2D eigenvalue weighted by molar-refractivity contribution is -0.128. The number of rotatable bonds is 17. The van der Waals surface area contributed by atoms with Gasteiger partial charge in [-0.05, 0) is 6.42 Å². The highest BCUT2D eigenvalue weighted by Crippen LogP contribution is 2.14. The molecule has 1 N–H and O–H groups in total. The molecule has 0 aliphatic carbocycles. The summed E-state index contributed by atoms with van der Waals surface area (Å²) >= 11 is 0. The second kappa shape index (κ2) is 16.9. The molecule has 0 aromatic heterocycles. The number of amides is 1. The van der Waals surface area contributed by atoms with Crippen molar-refractivity contribution in [2.75, 3.05) is 6.54 Å². The molecule has 0 aromatic carbocycles. The van der Waals surface area contributed by atoms with Gasteiger partial charge in [0.25, 0.3) is 0 Å². The predicted octanol–water partition coefficient (Wildman–Crippen LogP) is 7.41. The van der Waals surface area contributed by atoms with Crippen LogP contribution in [-0.2, 0) is 4.79 Å². The number of carbonyl (C=O) groups is 1. The molecule has 1 amide bonds. The summed E-state index contributed by atoms with van der Waals surface area (Å²) in [5.41, 5.74) is -0.255. The Morgan fingerprint density at radius 2 is 0.920 bits per heavy atom. The largest absolute Gasteiger partial charge is 0.356 e. The molecule has 25 heavy (non-hydrogen) atoms. The molecule has 0 atom stereocenters. The molecule has 0 radical (unpaired) electrons. The van der Waals surface area contributed by atoms with Gasteiger partial charge in [-0.1, -0.05) is 124 Å². The Hall–Kier alpha value is -0.530. The van der Waals surface area contributed by atoms with Crippen molar-refractivity contribution < 1.29 is 4.79 Å². The summed E-state index contributed by atoms with van der Waals surface area (Å²) in [6, 6.07) is 0. The number of hydrogen-bond donors (Lipinski definition) is 1. The Morgan fingerprint density at radius 3 is 1.24 bits per heavy atom. The van der Waals surface area contributed by atoms with E-state index < -0.39 is 0 Å². The summed E-state index contributed by atoms with van der Waals surface area (Å²) in [7, 11) is 0. The van der Waals surface area contributed by atoms with Crippen molar-refractivity contribution in [3.8, 4) is 0 Å². The van der Waals surface area contributed by atoms with Gasteiger partial charge in [0.05, 0.1) is 0 Å². The summed E-state index contributed by atoms with van der Waals surface area (Å²) in [5, 5.41) is 3.03. The third kappa shape index (κ3) is 18.1. The van der Waals surface area contributed by atoms with Gasteiger partial charge in [0.1, 0.15) is 0 Å². The van der Waals surface area contributed by atoms with Crippen LogP contribution in [0.15, 0.2) is 0 Å². The maximum absolute atomic E-state index is 11.7. The van der Waals surface area contributed by atoms with Gasteiger partial charge in [-0.25, -0.2) is 0 Å².